The molecule has 1 aromatic heterocycles. The van der Waals surface area contributed by atoms with Gasteiger partial charge in [-0.1, -0.05) is 6.42 Å². The fourth-order valence-electron chi connectivity index (χ4n) is 1.78. The third kappa shape index (κ3) is 1.91. The summed E-state index contributed by atoms with van der Waals surface area (Å²) in [5.74, 6) is 0.530. The van der Waals surface area contributed by atoms with E-state index in [1.54, 1.807) is 4.68 Å². The Hall–Kier alpha value is -0.830. The maximum absolute atomic E-state index is 9.78. The van der Waals surface area contributed by atoms with Crippen LogP contribution in [0.3, 0.4) is 0 Å². The highest BCUT2D eigenvalue weighted by atomic mass is 16.3. The van der Waals surface area contributed by atoms with E-state index in [1.807, 2.05) is 19.3 Å². The second-order valence-electron chi connectivity index (χ2n) is 3.94. The summed E-state index contributed by atoms with van der Waals surface area (Å²) in [6, 6.07) is 1.97. The van der Waals surface area contributed by atoms with Gasteiger partial charge in [-0.05, 0) is 24.8 Å². The minimum atomic E-state index is -0.177. The third-order valence-corrected chi connectivity index (χ3v) is 2.88. The van der Waals surface area contributed by atoms with E-state index in [2.05, 4.69) is 5.10 Å². The Morgan fingerprint density at radius 3 is 2.92 bits per heavy atom. The summed E-state index contributed by atoms with van der Waals surface area (Å²) in [6.07, 6.45) is 6.11. The molecule has 0 radical (unpaired) electrons. The molecule has 0 spiro atoms. The van der Waals surface area contributed by atoms with Gasteiger partial charge in [-0.15, -0.1) is 0 Å². The first kappa shape index (κ1) is 8.75. The molecule has 1 saturated carbocycles. The first-order valence-corrected chi connectivity index (χ1v) is 4.92. The first-order chi connectivity index (χ1) is 6.25. The average Bonchev–Trinajstić information content (AvgIpc) is 2.31. The molecule has 0 aliphatic heterocycles. The molecule has 1 fully saturated rings. The summed E-state index contributed by atoms with van der Waals surface area (Å²) < 4.78 is 1.78. The van der Waals surface area contributed by atoms with Crippen LogP contribution in [0.25, 0.3) is 0 Å². The van der Waals surface area contributed by atoms with Crippen molar-refractivity contribution in [3.8, 4) is 0 Å². The average molecular weight is 180 g/mol. The summed E-state index contributed by atoms with van der Waals surface area (Å²) >= 11 is 0. The predicted octanol–water partition coefficient (Wildman–Crippen LogP) is 1.12. The highest BCUT2D eigenvalue weighted by Gasteiger charge is 2.25. The number of hydrogen-bond acceptors (Lipinski definition) is 2. The molecule has 1 unspecified atom stereocenters. The van der Waals surface area contributed by atoms with Gasteiger partial charge >= 0.3 is 0 Å². The molecule has 3 nitrogen and oxygen atoms in total. The number of rotatable bonds is 3. The van der Waals surface area contributed by atoms with Gasteiger partial charge in [0.15, 0.2) is 0 Å². The number of nitrogens with zero attached hydrogens (tertiary/aromatic N) is 2. The fraction of sp³-hybridized carbons (Fsp3) is 0.700. The minimum Gasteiger partial charge on any atom is -0.392 e. The van der Waals surface area contributed by atoms with E-state index in [9.17, 15) is 5.11 Å². The van der Waals surface area contributed by atoms with Gasteiger partial charge in [-0.25, -0.2) is 0 Å². The number of aliphatic hydroxyl groups is 1. The summed E-state index contributed by atoms with van der Waals surface area (Å²) in [4.78, 5) is 0. The van der Waals surface area contributed by atoms with Gasteiger partial charge in [0, 0.05) is 19.7 Å². The zero-order valence-corrected chi connectivity index (χ0v) is 7.98. The van der Waals surface area contributed by atoms with Crippen LogP contribution in [0.2, 0.25) is 0 Å². The van der Waals surface area contributed by atoms with E-state index < -0.39 is 0 Å². The summed E-state index contributed by atoms with van der Waals surface area (Å²) in [5, 5.41) is 14.0. The Morgan fingerprint density at radius 1 is 1.69 bits per heavy atom. The Morgan fingerprint density at radius 2 is 2.46 bits per heavy atom. The molecular formula is C10H16N2O. The van der Waals surface area contributed by atoms with Crippen molar-refractivity contribution < 1.29 is 5.11 Å². The van der Waals surface area contributed by atoms with Crippen LogP contribution >= 0.6 is 0 Å². The van der Waals surface area contributed by atoms with Gasteiger partial charge in [-0.2, -0.15) is 5.10 Å². The predicted molar refractivity (Wildman–Crippen MR) is 50.3 cm³/mol. The van der Waals surface area contributed by atoms with Crippen LogP contribution < -0.4 is 0 Å². The standard InChI is InChI=1S/C10H16N2O/c1-12-6-5-9(11-12)7-10(13)8-3-2-4-8/h5-6,8,10,13H,2-4,7H2,1H3. The van der Waals surface area contributed by atoms with Gasteiger partial charge in [0.05, 0.1) is 11.8 Å². The van der Waals surface area contributed by atoms with Crippen LogP contribution in [-0.2, 0) is 13.5 Å². The third-order valence-electron chi connectivity index (χ3n) is 2.88. The Kier molecular flexibility index (Phi) is 2.36. The minimum absolute atomic E-state index is 0.177. The molecule has 2 rings (SSSR count). The summed E-state index contributed by atoms with van der Waals surface area (Å²) in [5.41, 5.74) is 1.00. The molecule has 1 aliphatic carbocycles. The van der Waals surface area contributed by atoms with Crippen molar-refractivity contribution in [2.75, 3.05) is 0 Å². The van der Waals surface area contributed by atoms with Crippen LogP contribution in [0.4, 0.5) is 0 Å². The molecule has 0 bridgehead atoms. The van der Waals surface area contributed by atoms with E-state index >= 15 is 0 Å². The number of aryl methyl sites for hydroxylation is 1. The van der Waals surface area contributed by atoms with Crippen LogP contribution in [0, 0.1) is 5.92 Å². The highest BCUT2D eigenvalue weighted by molar-refractivity contribution is 5.01. The topological polar surface area (TPSA) is 38.0 Å². The maximum atomic E-state index is 9.78. The molecule has 1 N–H and O–H groups in total. The molecule has 1 aliphatic rings. The van der Waals surface area contributed by atoms with E-state index in [-0.39, 0.29) is 6.10 Å². The van der Waals surface area contributed by atoms with Crippen molar-refractivity contribution in [2.45, 2.75) is 31.8 Å². The molecule has 1 atom stereocenters. The number of hydrogen-bond donors (Lipinski definition) is 1. The van der Waals surface area contributed by atoms with Gasteiger partial charge in [0.25, 0.3) is 0 Å². The van der Waals surface area contributed by atoms with Gasteiger partial charge in [0.2, 0.25) is 0 Å². The van der Waals surface area contributed by atoms with Gasteiger partial charge in [-0.3, -0.25) is 4.68 Å². The Bertz CT molecular complexity index is 278. The van der Waals surface area contributed by atoms with Crippen LogP contribution in [0.15, 0.2) is 12.3 Å². The van der Waals surface area contributed by atoms with Gasteiger partial charge in [0.1, 0.15) is 0 Å². The lowest BCUT2D eigenvalue weighted by molar-refractivity contribution is 0.0621. The largest absolute Gasteiger partial charge is 0.392 e. The van der Waals surface area contributed by atoms with Crippen molar-refractivity contribution in [3.05, 3.63) is 18.0 Å². The second kappa shape index (κ2) is 3.50. The van der Waals surface area contributed by atoms with Crippen molar-refractivity contribution in [1.29, 1.82) is 0 Å². The molecule has 1 aromatic rings. The number of aliphatic hydroxyl groups excluding tert-OH is 1. The molecule has 72 valence electrons. The van der Waals surface area contributed by atoms with Crippen molar-refractivity contribution in [3.63, 3.8) is 0 Å². The van der Waals surface area contributed by atoms with E-state index in [0.29, 0.717) is 12.3 Å². The van der Waals surface area contributed by atoms with E-state index in [4.69, 9.17) is 0 Å². The molecular weight excluding hydrogens is 164 g/mol. The van der Waals surface area contributed by atoms with Crippen molar-refractivity contribution >= 4 is 0 Å². The van der Waals surface area contributed by atoms with Gasteiger partial charge < -0.3 is 5.11 Å². The van der Waals surface area contributed by atoms with E-state index in [1.165, 1.54) is 19.3 Å². The zero-order valence-electron chi connectivity index (χ0n) is 7.98. The lowest BCUT2D eigenvalue weighted by Crippen LogP contribution is -2.28. The Labute approximate surface area is 78.4 Å². The summed E-state index contributed by atoms with van der Waals surface area (Å²) in [7, 11) is 1.90. The van der Waals surface area contributed by atoms with Crippen LogP contribution in [0.5, 0.6) is 0 Å². The molecule has 0 aromatic carbocycles. The van der Waals surface area contributed by atoms with Crippen molar-refractivity contribution in [1.82, 2.24) is 9.78 Å². The zero-order chi connectivity index (χ0) is 9.26. The monoisotopic (exact) mass is 180 g/mol. The lowest BCUT2D eigenvalue weighted by Gasteiger charge is -2.29. The normalized spacial score (nSPS) is 19.8. The summed E-state index contributed by atoms with van der Waals surface area (Å²) in [6.45, 7) is 0. The molecule has 13 heavy (non-hydrogen) atoms. The molecule has 3 heteroatoms. The number of aromatic nitrogens is 2. The Balaban J connectivity index is 1.89. The molecule has 0 amide bonds. The van der Waals surface area contributed by atoms with Crippen molar-refractivity contribution in [2.24, 2.45) is 13.0 Å². The van der Waals surface area contributed by atoms with Crippen LogP contribution in [-0.4, -0.2) is 21.0 Å². The SMILES string of the molecule is Cn1ccc(CC(O)C2CCC2)n1. The highest BCUT2D eigenvalue weighted by Crippen LogP contribution is 2.30. The quantitative estimate of drug-likeness (QED) is 0.757. The lowest BCUT2D eigenvalue weighted by atomic mass is 9.80. The maximum Gasteiger partial charge on any atom is 0.0650 e. The van der Waals surface area contributed by atoms with Crippen LogP contribution in [0.1, 0.15) is 25.0 Å². The smallest absolute Gasteiger partial charge is 0.0650 e. The van der Waals surface area contributed by atoms with E-state index in [0.717, 1.165) is 5.69 Å². The second-order valence-corrected chi connectivity index (χ2v) is 3.94. The molecule has 1 heterocycles. The first-order valence-electron chi connectivity index (χ1n) is 4.92. The fourth-order valence-corrected chi connectivity index (χ4v) is 1.78. The molecule has 0 saturated heterocycles.